The number of ether oxygens (including phenoxy) is 1. The predicted molar refractivity (Wildman–Crippen MR) is 145 cm³/mol. The van der Waals surface area contributed by atoms with Crippen molar-refractivity contribution in [2.24, 2.45) is 5.92 Å². The molecule has 3 rings (SSSR count). The maximum atomic E-state index is 12.2. The van der Waals surface area contributed by atoms with E-state index in [9.17, 15) is 4.79 Å². The SMILES string of the molecule is CCCCCCCCc1ccc(-c2ccc(-c3ncc(OC(=O)[C@@H](Cl)[C@@H](C)CC)cn3)cc2)cc1. The Morgan fingerprint density at radius 3 is 1.97 bits per heavy atom. The number of nitrogens with zero attached hydrogens (tertiary/aromatic N) is 2. The second-order valence-corrected chi connectivity index (χ2v) is 9.71. The van der Waals surface area contributed by atoms with Crippen molar-refractivity contribution in [3.63, 3.8) is 0 Å². The summed E-state index contributed by atoms with van der Waals surface area (Å²) < 4.78 is 5.33. The quantitative estimate of drug-likeness (QED) is 0.137. The van der Waals surface area contributed by atoms with Crippen LogP contribution in [0.2, 0.25) is 0 Å². The third kappa shape index (κ3) is 8.17. The van der Waals surface area contributed by atoms with Gasteiger partial charge in [-0.1, -0.05) is 108 Å². The molecule has 0 saturated heterocycles. The summed E-state index contributed by atoms with van der Waals surface area (Å²) in [7, 11) is 0. The summed E-state index contributed by atoms with van der Waals surface area (Å²) in [5, 5.41) is -0.683. The van der Waals surface area contributed by atoms with E-state index in [1.54, 1.807) is 0 Å². The number of halogens is 1. The molecule has 2 aromatic carbocycles. The van der Waals surface area contributed by atoms with Crippen molar-refractivity contribution in [2.45, 2.75) is 77.5 Å². The molecule has 3 aromatic rings. The first-order valence-corrected chi connectivity index (χ1v) is 13.3. The van der Waals surface area contributed by atoms with Gasteiger partial charge in [-0.3, -0.25) is 4.79 Å². The highest BCUT2D eigenvalue weighted by molar-refractivity contribution is 6.30. The monoisotopic (exact) mass is 492 g/mol. The number of carbonyl (C=O) groups excluding carboxylic acids is 1. The number of carbonyl (C=O) groups is 1. The molecular formula is C30H37ClN2O2. The molecule has 0 bridgehead atoms. The molecule has 0 N–H and O–H groups in total. The van der Waals surface area contributed by atoms with E-state index in [0.29, 0.717) is 11.6 Å². The summed E-state index contributed by atoms with van der Waals surface area (Å²) in [4.78, 5) is 20.9. The van der Waals surface area contributed by atoms with Gasteiger partial charge >= 0.3 is 5.97 Å². The smallest absolute Gasteiger partial charge is 0.329 e. The van der Waals surface area contributed by atoms with E-state index in [1.165, 1.54) is 62.0 Å². The molecule has 4 nitrogen and oxygen atoms in total. The van der Waals surface area contributed by atoms with Gasteiger partial charge < -0.3 is 4.74 Å². The van der Waals surface area contributed by atoms with Crippen molar-refractivity contribution in [3.8, 4) is 28.3 Å². The van der Waals surface area contributed by atoms with E-state index in [1.807, 2.05) is 26.0 Å². The van der Waals surface area contributed by atoms with Crippen molar-refractivity contribution in [3.05, 3.63) is 66.5 Å². The van der Waals surface area contributed by atoms with Crippen LogP contribution in [-0.2, 0) is 11.2 Å². The number of alkyl halides is 1. The van der Waals surface area contributed by atoms with Crippen LogP contribution in [-0.4, -0.2) is 21.3 Å². The molecule has 0 aliphatic carbocycles. The molecule has 0 aliphatic rings. The first kappa shape index (κ1) is 26.9. The van der Waals surface area contributed by atoms with Crippen molar-refractivity contribution in [1.29, 1.82) is 0 Å². The number of aromatic nitrogens is 2. The van der Waals surface area contributed by atoms with Gasteiger partial charge in [0.25, 0.3) is 0 Å². The minimum absolute atomic E-state index is 0.0411. The highest BCUT2D eigenvalue weighted by atomic mass is 35.5. The summed E-state index contributed by atoms with van der Waals surface area (Å²) in [5.74, 6) is 0.444. The number of esters is 1. The second kappa shape index (κ2) is 14.0. The zero-order valence-corrected chi connectivity index (χ0v) is 21.9. The van der Waals surface area contributed by atoms with E-state index in [0.717, 1.165) is 24.0 Å². The van der Waals surface area contributed by atoms with Gasteiger partial charge in [-0.15, -0.1) is 11.6 Å². The molecule has 1 aromatic heterocycles. The minimum Gasteiger partial charge on any atom is -0.422 e. The van der Waals surface area contributed by atoms with Gasteiger partial charge in [0.1, 0.15) is 5.38 Å². The Morgan fingerprint density at radius 2 is 1.37 bits per heavy atom. The summed E-state index contributed by atoms with van der Waals surface area (Å²) in [5.41, 5.74) is 4.66. The van der Waals surface area contributed by atoms with Crippen molar-refractivity contribution in [1.82, 2.24) is 9.97 Å². The fourth-order valence-corrected chi connectivity index (χ4v) is 4.14. The Balaban J connectivity index is 1.54. The number of benzene rings is 2. The molecule has 1 heterocycles. The van der Waals surface area contributed by atoms with Crippen LogP contribution in [0, 0.1) is 5.92 Å². The molecule has 0 aliphatic heterocycles. The van der Waals surface area contributed by atoms with Crippen molar-refractivity contribution in [2.75, 3.05) is 0 Å². The third-order valence-electron chi connectivity index (χ3n) is 6.46. The topological polar surface area (TPSA) is 52.1 Å². The molecule has 35 heavy (non-hydrogen) atoms. The largest absolute Gasteiger partial charge is 0.422 e. The van der Waals surface area contributed by atoms with Gasteiger partial charge in [0.05, 0.1) is 12.4 Å². The second-order valence-electron chi connectivity index (χ2n) is 9.24. The Hall–Kier alpha value is -2.72. The van der Waals surface area contributed by atoms with Crippen LogP contribution in [0.3, 0.4) is 0 Å². The first-order valence-electron chi connectivity index (χ1n) is 12.9. The Labute approximate surface area is 215 Å². The third-order valence-corrected chi connectivity index (χ3v) is 7.07. The molecule has 0 unspecified atom stereocenters. The Bertz CT molecular complexity index is 1030. The van der Waals surface area contributed by atoms with Crippen LogP contribution in [0.5, 0.6) is 5.75 Å². The van der Waals surface area contributed by atoms with E-state index in [4.69, 9.17) is 16.3 Å². The van der Waals surface area contributed by atoms with Gasteiger partial charge in [0, 0.05) is 5.56 Å². The molecule has 5 heteroatoms. The standard InChI is InChI=1S/C30H37ClN2O2/c1-4-6-7-8-9-10-11-23-12-14-24(15-13-23)25-16-18-26(19-17-25)29-32-20-27(21-33-29)35-30(34)28(31)22(3)5-2/h12-22,28H,4-11H2,1-3H3/t22-,28-/m0/s1. The molecule has 0 radical (unpaired) electrons. The number of hydrogen-bond donors (Lipinski definition) is 0. The minimum atomic E-state index is -0.683. The number of aryl methyl sites for hydroxylation is 1. The lowest BCUT2D eigenvalue weighted by Gasteiger charge is -2.14. The highest BCUT2D eigenvalue weighted by Crippen LogP contribution is 2.25. The molecule has 0 spiro atoms. The van der Waals surface area contributed by atoms with Crippen LogP contribution < -0.4 is 4.74 Å². The summed E-state index contributed by atoms with van der Waals surface area (Å²) in [6, 6.07) is 17.1. The average molecular weight is 493 g/mol. The molecule has 0 fully saturated rings. The molecule has 0 amide bonds. The highest BCUT2D eigenvalue weighted by Gasteiger charge is 2.23. The zero-order chi connectivity index (χ0) is 25.0. The lowest BCUT2D eigenvalue weighted by molar-refractivity contribution is -0.134. The van der Waals surface area contributed by atoms with E-state index >= 15 is 0 Å². The Morgan fingerprint density at radius 1 is 0.829 bits per heavy atom. The van der Waals surface area contributed by atoms with Gasteiger partial charge in [0.2, 0.25) is 0 Å². The lowest BCUT2D eigenvalue weighted by Crippen LogP contribution is -2.26. The van der Waals surface area contributed by atoms with Crippen LogP contribution in [0.4, 0.5) is 0 Å². The van der Waals surface area contributed by atoms with Crippen molar-refractivity contribution >= 4 is 17.6 Å². The molecule has 0 saturated carbocycles. The molecular weight excluding hydrogens is 456 g/mol. The fraction of sp³-hybridized carbons (Fsp3) is 0.433. The summed E-state index contributed by atoms with van der Waals surface area (Å²) >= 11 is 6.16. The number of rotatable bonds is 13. The maximum Gasteiger partial charge on any atom is 0.329 e. The van der Waals surface area contributed by atoms with E-state index in [-0.39, 0.29) is 5.92 Å². The molecule has 186 valence electrons. The van der Waals surface area contributed by atoms with Crippen LogP contribution in [0.25, 0.3) is 22.5 Å². The maximum absolute atomic E-state index is 12.2. The number of hydrogen-bond acceptors (Lipinski definition) is 4. The van der Waals surface area contributed by atoms with Crippen LogP contribution >= 0.6 is 11.6 Å². The van der Waals surface area contributed by atoms with Crippen LogP contribution in [0.1, 0.15) is 71.3 Å². The van der Waals surface area contributed by atoms with E-state index < -0.39 is 11.3 Å². The average Bonchev–Trinajstić information content (AvgIpc) is 2.90. The van der Waals surface area contributed by atoms with Gasteiger partial charge in [-0.2, -0.15) is 0 Å². The van der Waals surface area contributed by atoms with Gasteiger partial charge in [-0.25, -0.2) is 9.97 Å². The summed E-state index contributed by atoms with van der Waals surface area (Å²) in [6.45, 7) is 6.17. The molecule has 2 atom stereocenters. The lowest BCUT2D eigenvalue weighted by atomic mass is 10.00. The fourth-order valence-electron chi connectivity index (χ4n) is 3.91. The van der Waals surface area contributed by atoms with Crippen LogP contribution in [0.15, 0.2) is 60.9 Å². The number of unbranched alkanes of at least 4 members (excludes halogenated alkanes) is 5. The predicted octanol–water partition coefficient (Wildman–Crippen LogP) is 8.27. The zero-order valence-electron chi connectivity index (χ0n) is 21.2. The van der Waals surface area contributed by atoms with E-state index in [2.05, 4.69) is 53.3 Å². The van der Waals surface area contributed by atoms with Gasteiger partial charge in [0.15, 0.2) is 11.6 Å². The Kier molecular flexibility index (Phi) is 10.7. The summed E-state index contributed by atoms with van der Waals surface area (Å²) in [6.07, 6.45) is 12.9. The first-order chi connectivity index (χ1) is 17.0. The van der Waals surface area contributed by atoms with Crippen molar-refractivity contribution < 1.29 is 9.53 Å². The van der Waals surface area contributed by atoms with Gasteiger partial charge in [-0.05, 0) is 35.4 Å². The normalized spacial score (nSPS) is 12.8.